The Balaban J connectivity index is 2.19. The van der Waals surface area contributed by atoms with Crippen LogP contribution in [0.5, 0.6) is 5.75 Å². The molecule has 0 saturated carbocycles. The maximum absolute atomic E-state index is 12.4. The number of rotatable bonds is 15. The zero-order valence-electron chi connectivity index (χ0n) is 20.1. The Labute approximate surface area is 197 Å². The summed E-state index contributed by atoms with van der Waals surface area (Å²) in [5.41, 5.74) is 3.90. The maximum atomic E-state index is 12.4. The van der Waals surface area contributed by atoms with Gasteiger partial charge in [-0.1, -0.05) is 50.1 Å². The highest BCUT2D eigenvalue weighted by Gasteiger charge is 2.12. The van der Waals surface area contributed by atoms with Gasteiger partial charge in [-0.05, 0) is 48.6 Å². The molecule has 0 saturated heterocycles. The molecule has 0 spiro atoms. The van der Waals surface area contributed by atoms with Crippen LogP contribution in [0.3, 0.4) is 0 Å². The third kappa shape index (κ3) is 9.26. The largest absolute Gasteiger partial charge is 0.491 e. The van der Waals surface area contributed by atoms with Crippen molar-refractivity contribution in [2.45, 2.75) is 58.9 Å². The van der Waals surface area contributed by atoms with Gasteiger partial charge in [0.05, 0.1) is 6.61 Å². The summed E-state index contributed by atoms with van der Waals surface area (Å²) in [6, 6.07) is 14.0. The summed E-state index contributed by atoms with van der Waals surface area (Å²) in [5.74, 6) is 0.0503. The summed E-state index contributed by atoms with van der Waals surface area (Å²) in [6.45, 7) is 6.15. The van der Waals surface area contributed by atoms with Crippen LogP contribution < -0.4 is 4.74 Å². The minimum absolute atomic E-state index is 0.0752. The van der Waals surface area contributed by atoms with Gasteiger partial charge < -0.3 is 19.5 Å². The zero-order chi connectivity index (χ0) is 24.1. The molecule has 180 valence electrons. The molecule has 2 rings (SSSR count). The molecule has 2 aromatic rings. The van der Waals surface area contributed by atoms with E-state index in [9.17, 15) is 9.59 Å². The fraction of sp³-hybridized carbons (Fsp3) is 0.481. The van der Waals surface area contributed by atoms with Crippen LogP contribution in [0.2, 0.25) is 0 Å². The predicted molar refractivity (Wildman–Crippen MR) is 130 cm³/mol. The third-order valence-electron chi connectivity index (χ3n) is 5.44. The number of hydrogen-bond donors (Lipinski definition) is 1. The van der Waals surface area contributed by atoms with Crippen molar-refractivity contribution in [3.8, 4) is 16.9 Å². The highest BCUT2D eigenvalue weighted by Crippen LogP contribution is 2.32. The zero-order valence-corrected chi connectivity index (χ0v) is 20.1. The molecule has 0 unspecified atom stereocenters. The second-order valence-electron chi connectivity index (χ2n) is 8.18. The first-order chi connectivity index (χ1) is 15.9. The molecule has 6 heteroatoms. The smallest absolute Gasteiger partial charge is 0.303 e. The van der Waals surface area contributed by atoms with E-state index in [0.717, 1.165) is 41.5 Å². The Bertz CT molecular complexity index is 896. The summed E-state index contributed by atoms with van der Waals surface area (Å²) in [5, 5.41) is 9.00. The van der Waals surface area contributed by atoms with Crippen LogP contribution in [0, 0.1) is 0 Å². The lowest BCUT2D eigenvalue weighted by molar-refractivity contribution is -0.137. The van der Waals surface area contributed by atoms with E-state index in [1.807, 2.05) is 50.4 Å². The van der Waals surface area contributed by atoms with E-state index in [4.69, 9.17) is 14.6 Å². The van der Waals surface area contributed by atoms with Crippen LogP contribution in [0.4, 0.5) is 0 Å². The average Bonchev–Trinajstić information content (AvgIpc) is 2.80. The Morgan fingerprint density at radius 3 is 2.52 bits per heavy atom. The van der Waals surface area contributed by atoms with Gasteiger partial charge in [-0.25, -0.2) is 0 Å². The van der Waals surface area contributed by atoms with Gasteiger partial charge in [-0.2, -0.15) is 0 Å². The molecule has 0 aromatic heterocycles. The molecule has 0 fully saturated rings. The van der Waals surface area contributed by atoms with Crippen molar-refractivity contribution < 1.29 is 24.2 Å². The first-order valence-electron chi connectivity index (χ1n) is 11.8. The molecule has 1 N–H and O–H groups in total. The normalized spacial score (nSPS) is 10.8. The molecule has 2 aromatic carbocycles. The quantitative estimate of drug-likeness (QED) is 0.368. The number of unbranched alkanes of at least 4 members (excludes halogenated alkanes) is 2. The van der Waals surface area contributed by atoms with Crippen molar-refractivity contribution in [3.05, 3.63) is 53.6 Å². The molecule has 0 radical (unpaired) electrons. The molecule has 0 heterocycles. The Morgan fingerprint density at radius 2 is 1.79 bits per heavy atom. The molecule has 0 bridgehead atoms. The molecular formula is C27H37NO5. The summed E-state index contributed by atoms with van der Waals surface area (Å²) in [6.07, 6.45) is 4.21. The van der Waals surface area contributed by atoms with Crippen molar-refractivity contribution in [1.29, 1.82) is 0 Å². The summed E-state index contributed by atoms with van der Waals surface area (Å²) < 4.78 is 11.4. The highest BCUT2D eigenvalue weighted by molar-refractivity contribution is 5.76. The van der Waals surface area contributed by atoms with Gasteiger partial charge in [0.15, 0.2) is 0 Å². The topological polar surface area (TPSA) is 76.1 Å². The van der Waals surface area contributed by atoms with E-state index in [1.54, 1.807) is 4.90 Å². The molecule has 1 amide bonds. The number of aryl methyl sites for hydroxylation is 1. The van der Waals surface area contributed by atoms with Crippen LogP contribution in [0.15, 0.2) is 42.5 Å². The number of carbonyl (C=O) groups is 2. The summed E-state index contributed by atoms with van der Waals surface area (Å²) in [7, 11) is 1.85. The number of amides is 1. The van der Waals surface area contributed by atoms with Gasteiger partial charge >= 0.3 is 5.97 Å². The Hall–Kier alpha value is -2.86. The second-order valence-corrected chi connectivity index (χ2v) is 8.18. The van der Waals surface area contributed by atoms with Crippen LogP contribution in [0.25, 0.3) is 11.1 Å². The van der Waals surface area contributed by atoms with E-state index in [1.165, 1.54) is 0 Å². The minimum atomic E-state index is -0.820. The number of nitrogens with zero attached hydrogens (tertiary/aromatic N) is 1. The molecule has 0 aliphatic carbocycles. The average molecular weight is 456 g/mol. The monoisotopic (exact) mass is 455 g/mol. The van der Waals surface area contributed by atoms with E-state index in [0.29, 0.717) is 45.0 Å². The maximum Gasteiger partial charge on any atom is 0.303 e. The van der Waals surface area contributed by atoms with E-state index < -0.39 is 5.97 Å². The van der Waals surface area contributed by atoms with Crippen LogP contribution in [-0.2, 0) is 27.3 Å². The fourth-order valence-corrected chi connectivity index (χ4v) is 3.60. The standard InChI is InChI=1S/C27H37NO5/c1-4-6-7-11-26(29)28(3)20-22-9-8-10-23(18-22)24-14-12-21(13-15-27(30)31)19-25(24)33-17-16-32-5-2/h8-10,12,14,18-19H,4-7,11,13,15-17,20H2,1-3H3,(H,30,31). The molecular weight excluding hydrogens is 418 g/mol. The Kier molecular flexibility index (Phi) is 11.5. The van der Waals surface area contributed by atoms with Crippen molar-refractivity contribution in [2.24, 2.45) is 0 Å². The molecule has 0 atom stereocenters. The highest BCUT2D eigenvalue weighted by atomic mass is 16.5. The van der Waals surface area contributed by atoms with Crippen LogP contribution in [-0.4, -0.2) is 48.8 Å². The van der Waals surface area contributed by atoms with Crippen LogP contribution in [0.1, 0.15) is 57.1 Å². The summed E-state index contributed by atoms with van der Waals surface area (Å²) >= 11 is 0. The van der Waals surface area contributed by atoms with E-state index in [2.05, 4.69) is 13.0 Å². The SMILES string of the molecule is CCCCCC(=O)N(C)Cc1cccc(-c2ccc(CCC(=O)O)cc2OCCOCC)c1. The number of benzene rings is 2. The number of hydrogen-bond acceptors (Lipinski definition) is 4. The fourth-order valence-electron chi connectivity index (χ4n) is 3.60. The lowest BCUT2D eigenvalue weighted by Gasteiger charge is -2.18. The van der Waals surface area contributed by atoms with Gasteiger partial charge in [0.25, 0.3) is 0 Å². The first kappa shape index (κ1) is 26.4. The number of aliphatic carboxylic acids is 1. The van der Waals surface area contributed by atoms with Gasteiger partial charge in [0, 0.05) is 38.6 Å². The van der Waals surface area contributed by atoms with Gasteiger partial charge in [-0.15, -0.1) is 0 Å². The summed E-state index contributed by atoms with van der Waals surface area (Å²) in [4.78, 5) is 25.1. The van der Waals surface area contributed by atoms with Gasteiger partial charge in [0.1, 0.15) is 12.4 Å². The number of ether oxygens (including phenoxy) is 2. The molecule has 0 aliphatic rings. The van der Waals surface area contributed by atoms with Gasteiger partial charge in [0.2, 0.25) is 5.91 Å². The lowest BCUT2D eigenvalue weighted by Crippen LogP contribution is -2.25. The number of carboxylic acid groups (broad SMARTS) is 1. The van der Waals surface area contributed by atoms with Crippen molar-refractivity contribution in [3.63, 3.8) is 0 Å². The Morgan fingerprint density at radius 1 is 0.970 bits per heavy atom. The third-order valence-corrected chi connectivity index (χ3v) is 5.44. The van der Waals surface area contributed by atoms with E-state index >= 15 is 0 Å². The van der Waals surface area contributed by atoms with E-state index in [-0.39, 0.29) is 12.3 Å². The van der Waals surface area contributed by atoms with Crippen molar-refractivity contribution in [2.75, 3.05) is 26.9 Å². The van der Waals surface area contributed by atoms with Crippen LogP contribution >= 0.6 is 0 Å². The van der Waals surface area contributed by atoms with Crippen molar-refractivity contribution in [1.82, 2.24) is 4.90 Å². The molecule has 33 heavy (non-hydrogen) atoms. The predicted octanol–water partition coefficient (Wildman–Crippen LogP) is 5.32. The molecule has 6 nitrogen and oxygen atoms in total. The molecule has 0 aliphatic heterocycles. The second kappa shape index (κ2) is 14.3. The minimum Gasteiger partial charge on any atom is -0.491 e. The van der Waals surface area contributed by atoms with Gasteiger partial charge in [-0.3, -0.25) is 9.59 Å². The number of carbonyl (C=O) groups excluding carboxylic acids is 1. The van der Waals surface area contributed by atoms with Crippen molar-refractivity contribution >= 4 is 11.9 Å². The first-order valence-corrected chi connectivity index (χ1v) is 11.8. The number of carboxylic acids is 1. The lowest BCUT2D eigenvalue weighted by atomic mass is 9.99.